The second-order valence-electron chi connectivity index (χ2n) is 12.2. The monoisotopic (exact) mass is 665 g/mol. The number of hydrogen-bond donors (Lipinski definition) is 8. The number of phenolic OH excluding ortho intramolecular Hbond substituents is 1. The summed E-state index contributed by atoms with van der Waals surface area (Å²) in [5.41, 5.74) is 16.9. The van der Waals surface area contributed by atoms with E-state index in [-0.39, 0.29) is 24.0 Å². The van der Waals surface area contributed by atoms with Crippen molar-refractivity contribution in [2.24, 2.45) is 11.5 Å². The molecule has 0 fully saturated rings. The zero-order valence-corrected chi connectivity index (χ0v) is 27.6. The van der Waals surface area contributed by atoms with Gasteiger partial charge in [-0.3, -0.25) is 15.0 Å². The highest BCUT2D eigenvalue weighted by atomic mass is 16.5. The summed E-state index contributed by atoms with van der Waals surface area (Å²) in [6, 6.07) is 18.3. The molecule has 0 bridgehead atoms. The smallest absolute Gasteiger partial charge is 0.249 e. The molecule has 3 atom stereocenters. The van der Waals surface area contributed by atoms with Crippen LogP contribution in [0.3, 0.4) is 0 Å². The van der Waals surface area contributed by atoms with Gasteiger partial charge in [-0.1, -0.05) is 53.7 Å². The Morgan fingerprint density at radius 2 is 1.71 bits per heavy atom. The molecule has 0 aliphatic heterocycles. The summed E-state index contributed by atoms with van der Waals surface area (Å²) in [6.07, 6.45) is 3.65. The minimum absolute atomic E-state index is 0.117. The van der Waals surface area contributed by atoms with Crippen molar-refractivity contribution in [2.75, 3.05) is 6.54 Å². The molecule has 2 aromatic heterocycles. The SMILES string of the molecule is Cc1cc(O)cc(C)c1CC(NC(=O)C(N)CCCNC(=N)N)C(=O)NC(Cc1c[nH]c2ccccc12)c1nc(Cc2ccccc2)no1. The normalized spacial score (nSPS) is 13.0. The Morgan fingerprint density at radius 1 is 1.00 bits per heavy atom. The number of amides is 2. The maximum absolute atomic E-state index is 14.2. The summed E-state index contributed by atoms with van der Waals surface area (Å²) in [5, 5.41) is 31.3. The molecule has 2 heterocycles. The molecule has 2 amide bonds. The lowest BCUT2D eigenvalue weighted by Gasteiger charge is -2.24. The second kappa shape index (κ2) is 15.9. The van der Waals surface area contributed by atoms with E-state index in [0.29, 0.717) is 38.1 Å². The number of fused-ring (bicyclic) bond motifs is 1. The van der Waals surface area contributed by atoms with E-state index < -0.39 is 29.9 Å². The van der Waals surface area contributed by atoms with Crippen molar-refractivity contribution in [1.82, 2.24) is 31.1 Å². The van der Waals surface area contributed by atoms with E-state index in [4.69, 9.17) is 21.4 Å². The first-order valence-corrected chi connectivity index (χ1v) is 16.2. The minimum atomic E-state index is -1.02. The molecule has 0 saturated carbocycles. The number of rotatable bonds is 15. The average Bonchev–Trinajstić information content (AvgIpc) is 3.71. The van der Waals surface area contributed by atoms with Gasteiger partial charge in [0.1, 0.15) is 17.8 Å². The fourth-order valence-electron chi connectivity index (χ4n) is 5.91. The van der Waals surface area contributed by atoms with Gasteiger partial charge in [-0.25, -0.2) is 0 Å². The summed E-state index contributed by atoms with van der Waals surface area (Å²) >= 11 is 0. The van der Waals surface area contributed by atoms with Crippen molar-refractivity contribution in [2.45, 2.75) is 64.1 Å². The number of para-hydroxylation sites is 1. The predicted octanol–water partition coefficient (Wildman–Crippen LogP) is 3.18. The fraction of sp³-hybridized carbons (Fsp3) is 0.306. The highest BCUT2D eigenvalue weighted by molar-refractivity contribution is 5.90. The number of phenols is 1. The van der Waals surface area contributed by atoms with Gasteiger partial charge < -0.3 is 42.0 Å². The van der Waals surface area contributed by atoms with Crippen LogP contribution in [0.1, 0.15) is 58.4 Å². The van der Waals surface area contributed by atoms with Crippen molar-refractivity contribution in [1.29, 1.82) is 5.41 Å². The van der Waals surface area contributed by atoms with Crippen LogP contribution in [0.5, 0.6) is 5.75 Å². The zero-order chi connectivity index (χ0) is 34.9. The van der Waals surface area contributed by atoms with Gasteiger partial charge in [-0.2, -0.15) is 4.98 Å². The molecule has 5 rings (SSSR count). The third kappa shape index (κ3) is 9.23. The number of nitrogens with one attached hydrogen (secondary N) is 5. The number of nitrogens with zero attached hydrogens (tertiary/aromatic N) is 2. The predicted molar refractivity (Wildman–Crippen MR) is 187 cm³/mol. The number of aromatic amines is 1. The van der Waals surface area contributed by atoms with Crippen molar-refractivity contribution in [3.63, 3.8) is 0 Å². The lowest BCUT2D eigenvalue weighted by Crippen LogP contribution is -2.53. The first-order chi connectivity index (χ1) is 23.6. The number of benzene rings is 3. The summed E-state index contributed by atoms with van der Waals surface area (Å²) in [5.74, 6) is -0.283. The van der Waals surface area contributed by atoms with E-state index in [9.17, 15) is 14.7 Å². The molecule has 49 heavy (non-hydrogen) atoms. The van der Waals surface area contributed by atoms with E-state index in [2.05, 4.69) is 31.1 Å². The molecule has 3 aromatic carbocycles. The molecule has 0 spiro atoms. The van der Waals surface area contributed by atoms with Crippen LogP contribution >= 0.6 is 0 Å². The largest absolute Gasteiger partial charge is 0.508 e. The number of aryl methyl sites for hydroxylation is 2. The molecular formula is C36H43N9O4. The highest BCUT2D eigenvalue weighted by Gasteiger charge is 2.30. The Hall–Kier alpha value is -5.69. The zero-order valence-electron chi connectivity index (χ0n) is 27.6. The Kier molecular flexibility index (Phi) is 11.3. The van der Waals surface area contributed by atoms with Gasteiger partial charge in [0.2, 0.25) is 17.7 Å². The van der Waals surface area contributed by atoms with E-state index in [1.807, 2.05) is 74.6 Å². The first-order valence-electron chi connectivity index (χ1n) is 16.2. The fourth-order valence-corrected chi connectivity index (χ4v) is 5.91. The van der Waals surface area contributed by atoms with E-state index in [0.717, 1.165) is 38.7 Å². The Morgan fingerprint density at radius 3 is 2.45 bits per heavy atom. The maximum Gasteiger partial charge on any atom is 0.249 e. The maximum atomic E-state index is 14.2. The third-order valence-corrected chi connectivity index (χ3v) is 8.47. The number of hydrogen-bond acceptors (Lipinski definition) is 8. The molecule has 256 valence electrons. The summed E-state index contributed by atoms with van der Waals surface area (Å²) < 4.78 is 5.75. The van der Waals surface area contributed by atoms with Crippen LogP contribution in [0.4, 0.5) is 0 Å². The van der Waals surface area contributed by atoms with Crippen LogP contribution in [0, 0.1) is 19.3 Å². The molecule has 13 heteroatoms. The van der Waals surface area contributed by atoms with Gasteiger partial charge in [0.15, 0.2) is 11.8 Å². The summed E-state index contributed by atoms with van der Waals surface area (Å²) in [4.78, 5) is 35.5. The molecule has 0 aliphatic carbocycles. The molecule has 0 saturated heterocycles. The lowest BCUT2D eigenvalue weighted by atomic mass is 9.95. The van der Waals surface area contributed by atoms with Crippen molar-refractivity contribution < 1.29 is 19.2 Å². The van der Waals surface area contributed by atoms with Crippen LogP contribution < -0.4 is 27.4 Å². The van der Waals surface area contributed by atoms with E-state index in [1.54, 1.807) is 12.1 Å². The number of carbonyl (C=O) groups excluding carboxylic acids is 2. The number of aromatic nitrogens is 3. The number of carbonyl (C=O) groups is 2. The van der Waals surface area contributed by atoms with Crippen LogP contribution in [0.2, 0.25) is 0 Å². The quantitative estimate of drug-likeness (QED) is 0.0467. The van der Waals surface area contributed by atoms with Crippen LogP contribution in [0.15, 0.2) is 77.4 Å². The van der Waals surface area contributed by atoms with Crippen molar-refractivity contribution in [3.8, 4) is 5.75 Å². The number of aromatic hydroxyl groups is 1. The molecule has 5 aromatic rings. The number of guanidine groups is 1. The Labute approximate surface area is 284 Å². The topological polar surface area (TPSA) is 221 Å². The van der Waals surface area contributed by atoms with Gasteiger partial charge in [0.25, 0.3) is 0 Å². The average molecular weight is 666 g/mol. The van der Waals surface area contributed by atoms with Crippen molar-refractivity contribution in [3.05, 3.63) is 112 Å². The lowest BCUT2D eigenvalue weighted by molar-refractivity contribution is -0.130. The van der Waals surface area contributed by atoms with Gasteiger partial charge in [-0.15, -0.1) is 0 Å². The molecular weight excluding hydrogens is 622 g/mol. The van der Waals surface area contributed by atoms with Crippen LogP contribution in [-0.4, -0.2) is 56.6 Å². The van der Waals surface area contributed by atoms with Gasteiger partial charge in [0, 0.05) is 42.9 Å². The minimum Gasteiger partial charge on any atom is -0.508 e. The first kappa shape index (κ1) is 34.6. The van der Waals surface area contributed by atoms with E-state index in [1.165, 1.54) is 0 Å². The van der Waals surface area contributed by atoms with E-state index >= 15 is 0 Å². The summed E-state index contributed by atoms with van der Waals surface area (Å²) in [6.45, 7) is 4.08. The van der Waals surface area contributed by atoms with Crippen LogP contribution in [-0.2, 0) is 28.9 Å². The highest BCUT2D eigenvalue weighted by Crippen LogP contribution is 2.26. The van der Waals surface area contributed by atoms with Gasteiger partial charge in [-0.05, 0) is 72.7 Å². The number of nitrogens with two attached hydrogens (primary N) is 2. The summed E-state index contributed by atoms with van der Waals surface area (Å²) in [7, 11) is 0. The molecule has 10 N–H and O–H groups in total. The third-order valence-electron chi connectivity index (χ3n) is 8.47. The Balaban J connectivity index is 1.42. The van der Waals surface area contributed by atoms with Gasteiger partial charge >= 0.3 is 0 Å². The molecule has 3 unspecified atom stereocenters. The Bertz CT molecular complexity index is 1880. The van der Waals surface area contributed by atoms with Crippen LogP contribution in [0.25, 0.3) is 10.9 Å². The van der Waals surface area contributed by atoms with Gasteiger partial charge in [0.05, 0.1) is 6.04 Å². The second-order valence-corrected chi connectivity index (χ2v) is 12.2. The molecule has 0 radical (unpaired) electrons. The van der Waals surface area contributed by atoms with Crippen molar-refractivity contribution >= 4 is 28.7 Å². The number of H-pyrrole nitrogens is 1. The molecule has 13 nitrogen and oxygen atoms in total. The standard InChI is InChI=1S/C36H43N9O4/c1-21-15-25(46)16-22(2)27(21)19-30(42-33(47)28(37)12-8-14-40-36(38)39)34(48)43-31(18-24-20-41-29-13-7-6-11-26(24)29)35-44-32(45-49-35)17-23-9-4-3-5-10-23/h3-7,9-11,13,15-16,20,28,30-31,41,46H,8,12,14,17-19,37H2,1-2H3,(H,42,47)(H,43,48)(H4,38,39,40). The molecule has 0 aliphatic rings.